The monoisotopic (exact) mass is 356 g/mol. The van der Waals surface area contributed by atoms with Crippen LogP contribution in [0.15, 0.2) is 47.7 Å². The van der Waals surface area contributed by atoms with Gasteiger partial charge in [0.25, 0.3) is 5.91 Å². The number of hydrogen-bond acceptors (Lipinski definition) is 4. The zero-order valence-corrected chi connectivity index (χ0v) is 14.1. The molecule has 2 aromatic rings. The van der Waals surface area contributed by atoms with Crippen LogP contribution in [-0.4, -0.2) is 29.1 Å². The highest BCUT2D eigenvalue weighted by molar-refractivity contribution is 6.09. The lowest BCUT2D eigenvalue weighted by Crippen LogP contribution is -2.18. The number of benzene rings is 1. The molecule has 1 aliphatic rings. The van der Waals surface area contributed by atoms with E-state index >= 15 is 0 Å². The molecule has 0 saturated carbocycles. The Labute approximate surface area is 149 Å². The van der Waals surface area contributed by atoms with E-state index < -0.39 is 17.7 Å². The van der Waals surface area contributed by atoms with Crippen LogP contribution < -0.4 is 10.1 Å². The molecule has 2 N–H and O–H groups in total. The van der Waals surface area contributed by atoms with Crippen LogP contribution in [0, 0.1) is 5.82 Å². The van der Waals surface area contributed by atoms with Crippen molar-refractivity contribution in [2.45, 2.75) is 19.3 Å². The second-order valence-corrected chi connectivity index (χ2v) is 5.86. The lowest BCUT2D eigenvalue weighted by Gasteiger charge is -2.09. The van der Waals surface area contributed by atoms with Crippen molar-refractivity contribution >= 4 is 17.7 Å². The number of hydrogen-bond donors (Lipinski definition) is 2. The summed E-state index contributed by atoms with van der Waals surface area (Å²) in [7, 11) is 1.54. The van der Waals surface area contributed by atoms with Gasteiger partial charge in [0, 0.05) is 22.9 Å². The third kappa shape index (κ3) is 3.56. The molecule has 0 radical (unpaired) electrons. The van der Waals surface area contributed by atoms with E-state index in [1.807, 2.05) is 0 Å². The molecule has 1 amide bonds. The lowest BCUT2D eigenvalue weighted by molar-refractivity contribution is -0.133. The van der Waals surface area contributed by atoms with Crippen LogP contribution >= 0.6 is 0 Å². The molecule has 1 aromatic heterocycles. The van der Waals surface area contributed by atoms with Crippen molar-refractivity contribution in [3.63, 3.8) is 0 Å². The second-order valence-electron chi connectivity index (χ2n) is 5.86. The minimum absolute atomic E-state index is 0.0795. The summed E-state index contributed by atoms with van der Waals surface area (Å²) in [5.74, 6) is -2.04. The van der Waals surface area contributed by atoms with Gasteiger partial charge in [-0.15, -0.1) is 0 Å². The molecule has 0 aliphatic heterocycles. The number of methoxy groups -OCH3 is 1. The summed E-state index contributed by atoms with van der Waals surface area (Å²) in [5.41, 5.74) is 1.51. The SMILES string of the molecule is COc1cccc(-c2cnc(NC(=O)C3=C(C(=O)O)CCC3)c(F)c2)c1. The standard InChI is InChI=1S/C19H17FN2O4/c1-26-13-5-2-4-11(8-13)12-9-16(20)17(21-10-12)22-18(23)14-6-3-7-15(14)19(24)25/h2,4-5,8-10H,3,6-7H2,1H3,(H,24,25)(H,21,22,23). The molecule has 26 heavy (non-hydrogen) atoms. The van der Waals surface area contributed by atoms with Crippen molar-refractivity contribution < 1.29 is 23.8 Å². The molecule has 0 saturated heterocycles. The number of aliphatic carboxylic acids is 1. The number of carboxylic acids is 1. The topological polar surface area (TPSA) is 88.5 Å². The van der Waals surface area contributed by atoms with Gasteiger partial charge in [0.1, 0.15) is 5.75 Å². The smallest absolute Gasteiger partial charge is 0.332 e. The first-order valence-corrected chi connectivity index (χ1v) is 8.06. The summed E-state index contributed by atoms with van der Waals surface area (Å²) in [5, 5.41) is 11.5. The summed E-state index contributed by atoms with van der Waals surface area (Å²) < 4.78 is 19.5. The van der Waals surface area contributed by atoms with Crippen molar-refractivity contribution in [2.75, 3.05) is 12.4 Å². The molecule has 1 aliphatic carbocycles. The van der Waals surface area contributed by atoms with Crippen LogP contribution in [0.5, 0.6) is 5.75 Å². The fraction of sp³-hybridized carbons (Fsp3) is 0.211. The summed E-state index contributed by atoms with van der Waals surface area (Å²) >= 11 is 0. The van der Waals surface area contributed by atoms with Crippen LogP contribution in [0.3, 0.4) is 0 Å². The molecular weight excluding hydrogens is 339 g/mol. The van der Waals surface area contributed by atoms with E-state index in [1.165, 1.54) is 12.3 Å². The van der Waals surface area contributed by atoms with Gasteiger partial charge in [0.05, 0.1) is 7.11 Å². The number of anilines is 1. The summed E-state index contributed by atoms with van der Waals surface area (Å²) in [6.07, 6.45) is 2.73. The van der Waals surface area contributed by atoms with Gasteiger partial charge in [-0.05, 0) is 43.0 Å². The number of ether oxygens (including phenoxy) is 1. The fourth-order valence-electron chi connectivity index (χ4n) is 2.90. The average molecular weight is 356 g/mol. The lowest BCUT2D eigenvalue weighted by atomic mass is 10.1. The van der Waals surface area contributed by atoms with E-state index in [4.69, 9.17) is 9.84 Å². The van der Waals surface area contributed by atoms with E-state index in [-0.39, 0.29) is 17.0 Å². The Balaban J connectivity index is 1.83. The molecule has 0 fully saturated rings. The van der Waals surface area contributed by atoms with E-state index in [0.717, 1.165) is 5.56 Å². The van der Waals surface area contributed by atoms with Crippen molar-refractivity contribution in [1.82, 2.24) is 4.98 Å². The molecule has 6 nitrogen and oxygen atoms in total. The van der Waals surface area contributed by atoms with Gasteiger partial charge >= 0.3 is 5.97 Å². The number of aromatic nitrogens is 1. The largest absolute Gasteiger partial charge is 0.497 e. The summed E-state index contributed by atoms with van der Waals surface area (Å²) in [6, 6.07) is 8.36. The Morgan fingerprint density at radius 1 is 1.19 bits per heavy atom. The predicted molar refractivity (Wildman–Crippen MR) is 93.3 cm³/mol. The minimum atomic E-state index is -1.12. The quantitative estimate of drug-likeness (QED) is 0.857. The molecule has 0 spiro atoms. The molecule has 0 bridgehead atoms. The van der Waals surface area contributed by atoms with Gasteiger partial charge in [-0.25, -0.2) is 14.2 Å². The van der Waals surface area contributed by atoms with Crippen LogP contribution in [0.1, 0.15) is 19.3 Å². The van der Waals surface area contributed by atoms with E-state index in [1.54, 1.807) is 31.4 Å². The highest BCUT2D eigenvalue weighted by Crippen LogP contribution is 2.29. The normalized spacial score (nSPS) is 13.6. The molecule has 1 aromatic carbocycles. The van der Waals surface area contributed by atoms with Crippen LogP contribution in [0.2, 0.25) is 0 Å². The Morgan fingerprint density at radius 3 is 2.65 bits per heavy atom. The first-order valence-electron chi connectivity index (χ1n) is 8.06. The Morgan fingerprint density at radius 2 is 1.96 bits per heavy atom. The molecule has 0 unspecified atom stereocenters. The molecule has 3 rings (SSSR count). The number of nitrogens with one attached hydrogen (secondary N) is 1. The molecule has 0 atom stereocenters. The number of rotatable bonds is 5. The summed E-state index contributed by atoms with van der Waals surface area (Å²) in [6.45, 7) is 0. The third-order valence-corrected chi connectivity index (χ3v) is 4.23. The Kier molecular flexibility index (Phi) is 4.97. The minimum Gasteiger partial charge on any atom is -0.497 e. The maximum Gasteiger partial charge on any atom is 0.332 e. The van der Waals surface area contributed by atoms with E-state index in [2.05, 4.69) is 10.3 Å². The van der Waals surface area contributed by atoms with E-state index in [0.29, 0.717) is 30.6 Å². The van der Waals surface area contributed by atoms with Crippen LogP contribution in [0.25, 0.3) is 11.1 Å². The summed E-state index contributed by atoms with van der Waals surface area (Å²) in [4.78, 5) is 27.4. The van der Waals surface area contributed by atoms with Crippen molar-refractivity contribution in [1.29, 1.82) is 0 Å². The maximum atomic E-state index is 14.4. The van der Waals surface area contributed by atoms with E-state index in [9.17, 15) is 14.0 Å². The number of carboxylic acid groups (broad SMARTS) is 1. The number of carbonyl (C=O) groups excluding carboxylic acids is 1. The van der Waals surface area contributed by atoms with Gasteiger partial charge in [0.2, 0.25) is 0 Å². The van der Waals surface area contributed by atoms with Crippen LogP contribution in [-0.2, 0) is 9.59 Å². The number of halogens is 1. The average Bonchev–Trinajstić information content (AvgIpc) is 3.13. The van der Waals surface area contributed by atoms with Gasteiger partial charge in [-0.3, -0.25) is 4.79 Å². The predicted octanol–water partition coefficient (Wildman–Crippen LogP) is 3.40. The van der Waals surface area contributed by atoms with Crippen molar-refractivity contribution in [3.8, 4) is 16.9 Å². The van der Waals surface area contributed by atoms with Gasteiger partial charge in [0.15, 0.2) is 11.6 Å². The fourth-order valence-corrected chi connectivity index (χ4v) is 2.90. The number of carbonyl (C=O) groups is 2. The zero-order chi connectivity index (χ0) is 18.7. The maximum absolute atomic E-state index is 14.4. The zero-order valence-electron chi connectivity index (χ0n) is 14.1. The molecular formula is C19H17FN2O4. The molecule has 7 heteroatoms. The third-order valence-electron chi connectivity index (χ3n) is 4.23. The number of nitrogens with zero attached hydrogens (tertiary/aromatic N) is 1. The number of pyridine rings is 1. The van der Waals surface area contributed by atoms with Crippen LogP contribution in [0.4, 0.5) is 10.2 Å². The number of amides is 1. The van der Waals surface area contributed by atoms with Gasteiger partial charge in [-0.1, -0.05) is 12.1 Å². The highest BCUT2D eigenvalue weighted by Gasteiger charge is 2.26. The first-order chi connectivity index (χ1) is 12.5. The second kappa shape index (κ2) is 7.35. The van der Waals surface area contributed by atoms with Crippen molar-refractivity contribution in [2.24, 2.45) is 0 Å². The first kappa shape index (κ1) is 17.6. The Bertz CT molecular complexity index is 908. The molecule has 1 heterocycles. The highest BCUT2D eigenvalue weighted by atomic mass is 19.1. The van der Waals surface area contributed by atoms with Gasteiger partial charge in [-0.2, -0.15) is 0 Å². The molecule has 134 valence electrons. The van der Waals surface area contributed by atoms with Gasteiger partial charge < -0.3 is 15.2 Å². The Hall–Kier alpha value is -3.22. The van der Waals surface area contributed by atoms with Crippen molar-refractivity contribution in [3.05, 3.63) is 53.5 Å².